The summed E-state index contributed by atoms with van der Waals surface area (Å²) in [5, 5.41) is 10.4. The summed E-state index contributed by atoms with van der Waals surface area (Å²) in [5.74, 6) is -2.63. The topological polar surface area (TPSA) is 52.4 Å². The number of nitro benzene ring substituents is 1. The predicted molar refractivity (Wildman–Crippen MR) is 62.6 cm³/mol. The van der Waals surface area contributed by atoms with Gasteiger partial charge in [-0.15, -0.1) is 0 Å². The Kier molecular flexibility index (Phi) is 5.48. The molecule has 0 spiro atoms. The number of benzene rings is 1. The van der Waals surface area contributed by atoms with E-state index in [2.05, 4.69) is 6.92 Å². The first kappa shape index (κ1) is 14.3. The van der Waals surface area contributed by atoms with E-state index in [0.29, 0.717) is 18.6 Å². The average Bonchev–Trinajstić information content (AvgIpc) is 2.31. The van der Waals surface area contributed by atoms with Gasteiger partial charge in [-0.1, -0.05) is 26.2 Å². The highest BCUT2D eigenvalue weighted by molar-refractivity contribution is 5.39. The van der Waals surface area contributed by atoms with E-state index < -0.39 is 28.0 Å². The van der Waals surface area contributed by atoms with Crippen molar-refractivity contribution in [1.29, 1.82) is 0 Å². The van der Waals surface area contributed by atoms with Gasteiger partial charge < -0.3 is 4.74 Å². The first-order valence-corrected chi connectivity index (χ1v) is 5.82. The van der Waals surface area contributed by atoms with Crippen LogP contribution in [-0.4, -0.2) is 11.5 Å². The zero-order valence-corrected chi connectivity index (χ0v) is 10.1. The summed E-state index contributed by atoms with van der Waals surface area (Å²) in [6.45, 7) is 2.25. The summed E-state index contributed by atoms with van der Waals surface area (Å²) in [4.78, 5) is 9.53. The molecular formula is C12H15F2NO3. The summed E-state index contributed by atoms with van der Waals surface area (Å²) >= 11 is 0. The van der Waals surface area contributed by atoms with Crippen LogP contribution in [0.1, 0.15) is 32.6 Å². The molecule has 18 heavy (non-hydrogen) atoms. The second-order valence-electron chi connectivity index (χ2n) is 3.90. The van der Waals surface area contributed by atoms with Crippen molar-refractivity contribution in [2.45, 2.75) is 32.6 Å². The van der Waals surface area contributed by atoms with E-state index >= 15 is 0 Å². The van der Waals surface area contributed by atoms with Crippen molar-refractivity contribution in [1.82, 2.24) is 0 Å². The van der Waals surface area contributed by atoms with Crippen LogP contribution in [0, 0.1) is 21.7 Å². The van der Waals surface area contributed by atoms with E-state index in [1.807, 2.05) is 0 Å². The fourth-order valence-corrected chi connectivity index (χ4v) is 1.49. The van der Waals surface area contributed by atoms with Gasteiger partial charge in [0.05, 0.1) is 23.7 Å². The van der Waals surface area contributed by atoms with Crippen molar-refractivity contribution in [3.63, 3.8) is 0 Å². The number of unbranched alkanes of at least 4 members (excludes halogenated alkanes) is 3. The molecule has 0 radical (unpaired) electrons. The van der Waals surface area contributed by atoms with Crippen LogP contribution in [-0.2, 0) is 0 Å². The maximum Gasteiger partial charge on any atom is 0.275 e. The van der Waals surface area contributed by atoms with Gasteiger partial charge in [-0.2, -0.15) is 0 Å². The van der Waals surface area contributed by atoms with Gasteiger partial charge in [-0.25, -0.2) is 8.78 Å². The second-order valence-corrected chi connectivity index (χ2v) is 3.90. The molecule has 0 atom stereocenters. The number of hydrogen-bond acceptors (Lipinski definition) is 3. The van der Waals surface area contributed by atoms with Crippen molar-refractivity contribution >= 4 is 5.69 Å². The molecular weight excluding hydrogens is 244 g/mol. The number of ether oxygens (including phenoxy) is 1. The molecule has 0 unspecified atom stereocenters. The summed E-state index contributed by atoms with van der Waals surface area (Å²) < 4.78 is 31.7. The van der Waals surface area contributed by atoms with E-state index in [9.17, 15) is 18.9 Å². The lowest BCUT2D eigenvalue weighted by molar-refractivity contribution is -0.385. The minimum Gasteiger partial charge on any atom is -0.488 e. The molecule has 1 aromatic rings. The zero-order valence-electron chi connectivity index (χ0n) is 10.1. The van der Waals surface area contributed by atoms with Gasteiger partial charge in [0, 0.05) is 0 Å². The van der Waals surface area contributed by atoms with Crippen LogP contribution in [0.5, 0.6) is 5.75 Å². The monoisotopic (exact) mass is 259 g/mol. The van der Waals surface area contributed by atoms with Crippen molar-refractivity contribution in [2.75, 3.05) is 6.61 Å². The lowest BCUT2D eigenvalue weighted by Crippen LogP contribution is -2.02. The smallest absolute Gasteiger partial charge is 0.275 e. The molecule has 0 heterocycles. The zero-order chi connectivity index (χ0) is 13.5. The number of non-ortho nitro benzene ring substituents is 1. The van der Waals surface area contributed by atoms with Crippen molar-refractivity contribution in [3.8, 4) is 5.75 Å². The lowest BCUT2D eigenvalue weighted by atomic mass is 10.2. The SMILES string of the molecule is CCCCCCOc1c(F)cc([N+](=O)[O-])cc1F. The van der Waals surface area contributed by atoms with Crippen LogP contribution in [0.4, 0.5) is 14.5 Å². The Bertz CT molecular complexity index is 401. The largest absolute Gasteiger partial charge is 0.488 e. The highest BCUT2D eigenvalue weighted by atomic mass is 19.1. The molecule has 0 aliphatic carbocycles. The van der Waals surface area contributed by atoms with Gasteiger partial charge >= 0.3 is 0 Å². The first-order valence-electron chi connectivity index (χ1n) is 5.82. The van der Waals surface area contributed by atoms with Gasteiger partial charge in [0.25, 0.3) is 5.69 Å². The van der Waals surface area contributed by atoms with Gasteiger partial charge in [-0.3, -0.25) is 10.1 Å². The fourth-order valence-electron chi connectivity index (χ4n) is 1.49. The Hall–Kier alpha value is -1.72. The molecule has 0 saturated carbocycles. The number of nitrogens with zero attached hydrogens (tertiary/aromatic N) is 1. The van der Waals surface area contributed by atoms with E-state index in [4.69, 9.17) is 4.74 Å². The Morgan fingerprint density at radius 1 is 1.22 bits per heavy atom. The Morgan fingerprint density at radius 3 is 2.33 bits per heavy atom. The van der Waals surface area contributed by atoms with Crippen molar-refractivity contribution in [3.05, 3.63) is 33.9 Å². The molecule has 6 heteroatoms. The second kappa shape index (κ2) is 6.88. The van der Waals surface area contributed by atoms with Gasteiger partial charge in [0.1, 0.15) is 0 Å². The molecule has 0 saturated heterocycles. The highest BCUT2D eigenvalue weighted by Crippen LogP contribution is 2.26. The van der Waals surface area contributed by atoms with Gasteiger partial charge in [0.15, 0.2) is 17.4 Å². The van der Waals surface area contributed by atoms with Crippen molar-refractivity contribution < 1.29 is 18.4 Å². The molecule has 0 aromatic heterocycles. The van der Waals surface area contributed by atoms with Crippen LogP contribution in [0.25, 0.3) is 0 Å². The minimum atomic E-state index is -1.04. The highest BCUT2D eigenvalue weighted by Gasteiger charge is 2.17. The van der Waals surface area contributed by atoms with E-state index in [-0.39, 0.29) is 6.61 Å². The number of rotatable bonds is 7. The number of halogens is 2. The van der Waals surface area contributed by atoms with Crippen LogP contribution in [0.15, 0.2) is 12.1 Å². The third-order valence-electron chi connectivity index (χ3n) is 2.44. The quantitative estimate of drug-likeness (QED) is 0.425. The maximum absolute atomic E-state index is 13.4. The molecule has 0 N–H and O–H groups in total. The average molecular weight is 259 g/mol. The first-order chi connectivity index (χ1) is 8.56. The van der Waals surface area contributed by atoms with Crippen LogP contribution >= 0.6 is 0 Å². The lowest BCUT2D eigenvalue weighted by Gasteiger charge is -2.07. The third kappa shape index (κ3) is 3.94. The number of hydrogen-bond donors (Lipinski definition) is 0. The summed E-state index contributed by atoms with van der Waals surface area (Å²) in [5.41, 5.74) is -0.622. The van der Waals surface area contributed by atoms with Gasteiger partial charge in [-0.05, 0) is 6.42 Å². The molecule has 4 nitrogen and oxygen atoms in total. The van der Waals surface area contributed by atoms with Crippen LogP contribution < -0.4 is 4.74 Å². The summed E-state index contributed by atoms with van der Waals surface area (Å²) in [7, 11) is 0. The van der Waals surface area contributed by atoms with E-state index in [0.717, 1.165) is 19.3 Å². The Morgan fingerprint density at radius 2 is 1.83 bits per heavy atom. The van der Waals surface area contributed by atoms with Crippen molar-refractivity contribution in [2.24, 2.45) is 0 Å². The molecule has 1 aromatic carbocycles. The van der Waals surface area contributed by atoms with Crippen LogP contribution in [0.3, 0.4) is 0 Å². The third-order valence-corrected chi connectivity index (χ3v) is 2.44. The maximum atomic E-state index is 13.4. The minimum absolute atomic E-state index is 0.200. The summed E-state index contributed by atoms with van der Waals surface area (Å²) in [6.07, 6.45) is 3.71. The normalized spacial score (nSPS) is 10.4. The predicted octanol–water partition coefficient (Wildman–Crippen LogP) is 3.83. The standard InChI is InChI=1S/C12H15F2NO3/c1-2-3-4-5-6-18-12-10(13)7-9(15(16)17)8-11(12)14/h7-8H,2-6H2,1H3. The molecule has 0 fully saturated rings. The molecule has 0 bridgehead atoms. The van der Waals surface area contributed by atoms with E-state index in [1.54, 1.807) is 0 Å². The Labute approximate surface area is 104 Å². The molecule has 1 rings (SSSR count). The van der Waals surface area contributed by atoms with E-state index in [1.165, 1.54) is 0 Å². The Balaban J connectivity index is 2.63. The molecule has 0 amide bonds. The molecule has 0 aliphatic heterocycles. The molecule has 0 aliphatic rings. The van der Waals surface area contributed by atoms with Gasteiger partial charge in [0.2, 0.25) is 0 Å². The summed E-state index contributed by atoms with van der Waals surface area (Å²) in [6, 6.07) is 1.31. The fraction of sp³-hybridized carbons (Fsp3) is 0.500. The van der Waals surface area contributed by atoms with Crippen LogP contribution in [0.2, 0.25) is 0 Å². The number of nitro groups is 1. The molecule has 100 valence electrons.